The number of pyridine rings is 1. The summed E-state index contributed by atoms with van der Waals surface area (Å²) >= 11 is 0. The number of aromatic nitrogens is 3. The van der Waals surface area contributed by atoms with Crippen LogP contribution >= 0.6 is 0 Å². The van der Waals surface area contributed by atoms with Gasteiger partial charge >= 0.3 is 0 Å². The molecule has 3 rings (SSSR count). The van der Waals surface area contributed by atoms with E-state index in [0.717, 1.165) is 24.3 Å². The van der Waals surface area contributed by atoms with Gasteiger partial charge in [0.1, 0.15) is 12.1 Å². The zero-order valence-electron chi connectivity index (χ0n) is 9.22. The van der Waals surface area contributed by atoms with Gasteiger partial charge in [-0.2, -0.15) is 9.61 Å². The standard InChI is InChI=1S/C12H14N4/c1-9-6-11-13-8-14-16(11)12(7-9)15-10-4-2-3-5-10/h2-3,6-8,10,15H,4-5H2,1H3. The molecule has 0 unspecified atom stereocenters. The van der Waals surface area contributed by atoms with Gasteiger partial charge in [-0.05, 0) is 37.5 Å². The summed E-state index contributed by atoms with van der Waals surface area (Å²) in [4.78, 5) is 4.21. The summed E-state index contributed by atoms with van der Waals surface area (Å²) in [5.74, 6) is 1.03. The minimum Gasteiger partial charge on any atom is -0.367 e. The maximum absolute atomic E-state index is 4.22. The molecular formula is C12H14N4. The zero-order chi connectivity index (χ0) is 11.0. The molecule has 0 atom stereocenters. The van der Waals surface area contributed by atoms with Gasteiger partial charge in [0, 0.05) is 6.04 Å². The largest absolute Gasteiger partial charge is 0.367 e. The molecule has 16 heavy (non-hydrogen) atoms. The van der Waals surface area contributed by atoms with Gasteiger partial charge in [-0.15, -0.1) is 0 Å². The fraction of sp³-hybridized carbons (Fsp3) is 0.333. The topological polar surface area (TPSA) is 42.2 Å². The van der Waals surface area contributed by atoms with E-state index in [-0.39, 0.29) is 0 Å². The van der Waals surface area contributed by atoms with Gasteiger partial charge in [-0.3, -0.25) is 0 Å². The Balaban J connectivity index is 1.97. The van der Waals surface area contributed by atoms with Crippen molar-refractivity contribution in [1.29, 1.82) is 0 Å². The smallest absolute Gasteiger partial charge is 0.157 e. The van der Waals surface area contributed by atoms with Gasteiger partial charge in [0.2, 0.25) is 0 Å². The van der Waals surface area contributed by atoms with Crippen molar-refractivity contribution >= 4 is 11.5 Å². The van der Waals surface area contributed by atoms with Crippen molar-refractivity contribution < 1.29 is 0 Å². The number of anilines is 1. The fourth-order valence-electron chi connectivity index (χ4n) is 2.10. The molecule has 0 saturated carbocycles. The van der Waals surface area contributed by atoms with Gasteiger partial charge in [0.25, 0.3) is 0 Å². The molecule has 0 bridgehead atoms. The van der Waals surface area contributed by atoms with E-state index in [9.17, 15) is 0 Å². The van der Waals surface area contributed by atoms with Crippen LogP contribution in [-0.2, 0) is 0 Å². The molecule has 1 aliphatic rings. The molecule has 0 radical (unpaired) electrons. The summed E-state index contributed by atoms with van der Waals surface area (Å²) in [5, 5.41) is 7.73. The van der Waals surface area contributed by atoms with Crippen LogP contribution in [0.4, 0.5) is 5.82 Å². The SMILES string of the molecule is Cc1cc(NC2CC=CC2)n2ncnc2c1. The number of hydrogen-bond donors (Lipinski definition) is 1. The number of aryl methyl sites for hydroxylation is 1. The first-order chi connectivity index (χ1) is 7.83. The Bertz CT molecular complexity index is 533. The van der Waals surface area contributed by atoms with Crippen LogP contribution in [0.15, 0.2) is 30.6 Å². The fourth-order valence-corrected chi connectivity index (χ4v) is 2.10. The van der Waals surface area contributed by atoms with Crippen molar-refractivity contribution in [3.8, 4) is 0 Å². The summed E-state index contributed by atoms with van der Waals surface area (Å²) in [6.07, 6.45) is 8.19. The summed E-state index contributed by atoms with van der Waals surface area (Å²) in [5.41, 5.74) is 2.10. The van der Waals surface area contributed by atoms with E-state index in [1.54, 1.807) is 6.33 Å². The predicted octanol–water partition coefficient (Wildman–Crippen LogP) is 2.17. The Morgan fingerprint density at radius 2 is 2.12 bits per heavy atom. The van der Waals surface area contributed by atoms with Crippen molar-refractivity contribution in [1.82, 2.24) is 14.6 Å². The van der Waals surface area contributed by atoms with Crippen LogP contribution in [0.2, 0.25) is 0 Å². The summed E-state index contributed by atoms with van der Waals surface area (Å²) in [7, 11) is 0. The van der Waals surface area contributed by atoms with E-state index in [0.29, 0.717) is 6.04 Å². The summed E-state index contributed by atoms with van der Waals surface area (Å²) < 4.78 is 1.85. The first-order valence-corrected chi connectivity index (χ1v) is 5.55. The Kier molecular flexibility index (Phi) is 2.13. The van der Waals surface area contributed by atoms with E-state index < -0.39 is 0 Å². The number of hydrogen-bond acceptors (Lipinski definition) is 3. The van der Waals surface area contributed by atoms with Gasteiger partial charge in [-0.25, -0.2) is 4.98 Å². The third kappa shape index (κ3) is 1.56. The molecule has 0 fully saturated rings. The van der Waals surface area contributed by atoms with E-state index >= 15 is 0 Å². The molecule has 1 N–H and O–H groups in total. The van der Waals surface area contributed by atoms with Crippen LogP contribution in [0, 0.1) is 6.92 Å². The Hall–Kier alpha value is -1.84. The van der Waals surface area contributed by atoms with Crippen molar-refractivity contribution in [3.63, 3.8) is 0 Å². The quantitative estimate of drug-likeness (QED) is 0.779. The second-order valence-corrected chi connectivity index (χ2v) is 4.23. The van der Waals surface area contributed by atoms with E-state index in [1.807, 2.05) is 10.6 Å². The molecule has 1 aliphatic carbocycles. The van der Waals surface area contributed by atoms with Gasteiger partial charge in [0.05, 0.1) is 0 Å². The summed E-state index contributed by atoms with van der Waals surface area (Å²) in [6.45, 7) is 2.08. The highest BCUT2D eigenvalue weighted by molar-refractivity contribution is 5.51. The normalized spacial score (nSPS) is 16.1. The lowest BCUT2D eigenvalue weighted by molar-refractivity contribution is 0.769. The number of rotatable bonds is 2. The second kappa shape index (κ2) is 3.63. The van der Waals surface area contributed by atoms with Crippen LogP contribution in [-0.4, -0.2) is 20.6 Å². The van der Waals surface area contributed by atoms with Crippen LogP contribution in [0.1, 0.15) is 18.4 Å². The average molecular weight is 214 g/mol. The number of nitrogens with one attached hydrogen (secondary N) is 1. The monoisotopic (exact) mass is 214 g/mol. The van der Waals surface area contributed by atoms with Crippen molar-refractivity contribution in [2.24, 2.45) is 0 Å². The Morgan fingerprint density at radius 3 is 2.94 bits per heavy atom. The van der Waals surface area contributed by atoms with E-state index in [1.165, 1.54) is 5.56 Å². The third-order valence-corrected chi connectivity index (χ3v) is 2.88. The molecule has 0 spiro atoms. The van der Waals surface area contributed by atoms with Crippen molar-refractivity contribution in [3.05, 3.63) is 36.2 Å². The molecule has 2 aromatic rings. The van der Waals surface area contributed by atoms with Crippen LogP contribution in [0.3, 0.4) is 0 Å². The van der Waals surface area contributed by atoms with Crippen LogP contribution in [0.5, 0.6) is 0 Å². The highest BCUT2D eigenvalue weighted by atomic mass is 15.3. The molecule has 82 valence electrons. The molecule has 2 heterocycles. The first-order valence-electron chi connectivity index (χ1n) is 5.55. The maximum Gasteiger partial charge on any atom is 0.157 e. The molecule has 4 heteroatoms. The highest BCUT2D eigenvalue weighted by Crippen LogP contribution is 2.18. The molecule has 0 saturated heterocycles. The lowest BCUT2D eigenvalue weighted by Crippen LogP contribution is -2.17. The number of fused-ring (bicyclic) bond motifs is 1. The predicted molar refractivity (Wildman–Crippen MR) is 63.5 cm³/mol. The lowest BCUT2D eigenvalue weighted by Gasteiger charge is -2.14. The molecule has 4 nitrogen and oxygen atoms in total. The minimum absolute atomic E-state index is 0.495. The Labute approximate surface area is 94.0 Å². The average Bonchev–Trinajstić information content (AvgIpc) is 2.87. The maximum atomic E-state index is 4.22. The molecule has 0 aliphatic heterocycles. The minimum atomic E-state index is 0.495. The van der Waals surface area contributed by atoms with Crippen LogP contribution < -0.4 is 5.32 Å². The number of nitrogens with zero attached hydrogens (tertiary/aromatic N) is 3. The lowest BCUT2D eigenvalue weighted by atomic mass is 10.2. The van der Waals surface area contributed by atoms with E-state index in [2.05, 4.69) is 40.5 Å². The zero-order valence-corrected chi connectivity index (χ0v) is 9.22. The Morgan fingerprint density at radius 1 is 1.31 bits per heavy atom. The molecular weight excluding hydrogens is 200 g/mol. The molecule has 0 aromatic carbocycles. The third-order valence-electron chi connectivity index (χ3n) is 2.88. The highest BCUT2D eigenvalue weighted by Gasteiger charge is 2.12. The van der Waals surface area contributed by atoms with Gasteiger partial charge in [-0.1, -0.05) is 12.2 Å². The first kappa shape index (κ1) is 9.39. The van der Waals surface area contributed by atoms with E-state index in [4.69, 9.17) is 0 Å². The van der Waals surface area contributed by atoms with Gasteiger partial charge in [0.15, 0.2) is 5.65 Å². The van der Waals surface area contributed by atoms with Crippen molar-refractivity contribution in [2.45, 2.75) is 25.8 Å². The second-order valence-electron chi connectivity index (χ2n) is 4.23. The van der Waals surface area contributed by atoms with Crippen molar-refractivity contribution in [2.75, 3.05) is 5.32 Å². The van der Waals surface area contributed by atoms with Gasteiger partial charge < -0.3 is 5.32 Å². The molecule has 2 aromatic heterocycles. The molecule has 0 amide bonds. The van der Waals surface area contributed by atoms with Crippen LogP contribution in [0.25, 0.3) is 5.65 Å². The summed E-state index contributed by atoms with van der Waals surface area (Å²) in [6, 6.07) is 4.64.